The summed E-state index contributed by atoms with van der Waals surface area (Å²) in [5.74, 6) is 3.32. The van der Waals surface area contributed by atoms with Crippen molar-refractivity contribution >= 4 is 5.78 Å². The molecule has 0 N–H and O–H groups in total. The molecule has 2 heteroatoms. The smallest absolute Gasteiger partial charge is 0.163 e. The van der Waals surface area contributed by atoms with Crippen molar-refractivity contribution in [2.75, 3.05) is 7.11 Å². The molecule has 3 rings (SSSR count). The average molecular weight is 312 g/mol. The molecule has 2 nitrogen and oxygen atoms in total. The average Bonchev–Trinajstić information content (AvgIpc) is 2.51. The Hall–Kier alpha value is -1.57. The van der Waals surface area contributed by atoms with Gasteiger partial charge in [-0.3, -0.25) is 4.79 Å². The number of fused-ring (bicyclic) bond motifs is 3. The minimum absolute atomic E-state index is 0.272. The molecule has 2 aliphatic rings. The lowest BCUT2D eigenvalue weighted by Gasteiger charge is -2.45. The Morgan fingerprint density at radius 2 is 1.96 bits per heavy atom. The lowest BCUT2D eigenvalue weighted by Crippen LogP contribution is -2.36. The van der Waals surface area contributed by atoms with E-state index < -0.39 is 0 Å². The van der Waals surface area contributed by atoms with E-state index in [1.807, 2.05) is 0 Å². The highest BCUT2D eigenvalue weighted by Gasteiger charge is 2.43. The van der Waals surface area contributed by atoms with Gasteiger partial charge in [0.1, 0.15) is 5.75 Å². The third-order valence-electron chi connectivity index (χ3n) is 5.97. The molecule has 0 heterocycles. The number of allylic oxidation sites excluding steroid dienone is 1. The number of ether oxygens (including phenoxy) is 1. The molecule has 2 aliphatic carbocycles. The molecule has 0 bridgehead atoms. The van der Waals surface area contributed by atoms with Gasteiger partial charge < -0.3 is 4.74 Å². The van der Waals surface area contributed by atoms with Gasteiger partial charge in [-0.2, -0.15) is 0 Å². The zero-order valence-electron chi connectivity index (χ0n) is 15.0. The van der Waals surface area contributed by atoms with Crippen LogP contribution in [-0.4, -0.2) is 12.9 Å². The van der Waals surface area contributed by atoms with Crippen molar-refractivity contribution in [1.82, 2.24) is 0 Å². The van der Waals surface area contributed by atoms with Gasteiger partial charge in [-0.25, -0.2) is 0 Å². The Morgan fingerprint density at radius 1 is 1.26 bits per heavy atom. The summed E-state index contributed by atoms with van der Waals surface area (Å²) in [6.07, 6.45) is 1.77. The number of methoxy groups -OCH3 is 1. The molecule has 0 radical (unpaired) electrons. The number of rotatable bonds is 2. The number of ketones is 1. The Morgan fingerprint density at radius 3 is 2.57 bits per heavy atom. The van der Waals surface area contributed by atoms with Gasteiger partial charge >= 0.3 is 0 Å². The normalized spacial score (nSPS) is 30.2. The highest BCUT2D eigenvalue weighted by molar-refractivity contribution is 6.00. The zero-order chi connectivity index (χ0) is 16.9. The van der Waals surface area contributed by atoms with Crippen LogP contribution in [0.2, 0.25) is 0 Å². The SMILES string of the molecule is C=C1[C@@H](C)C[C@H](C)[C@@H]2c3cc(OC)c(C(C)C)cc3C(=O)C[C@@H]12. The van der Waals surface area contributed by atoms with Gasteiger partial charge in [-0.05, 0) is 59.3 Å². The predicted octanol–water partition coefficient (Wildman–Crippen LogP) is 5.34. The summed E-state index contributed by atoms with van der Waals surface area (Å²) in [6, 6.07) is 4.23. The molecule has 0 aliphatic heterocycles. The molecule has 1 fully saturated rings. The fourth-order valence-corrected chi connectivity index (χ4v) is 4.70. The maximum absolute atomic E-state index is 12.8. The van der Waals surface area contributed by atoms with Crippen LogP contribution in [0.3, 0.4) is 0 Å². The topological polar surface area (TPSA) is 26.3 Å². The van der Waals surface area contributed by atoms with Crippen LogP contribution in [0.15, 0.2) is 24.3 Å². The standard InChI is InChI=1S/C21H28O2/c1-11(2)15-8-17-18(10-20(15)23-6)21-13(4)7-12(3)14(5)16(21)9-19(17)22/h8,10-13,16,21H,5,7,9H2,1-4,6H3/t12-,13-,16-,21-/m0/s1. The Balaban J connectivity index is 2.16. The molecule has 124 valence electrons. The first kappa shape index (κ1) is 16.3. The Labute approximate surface area is 139 Å². The number of carbonyl (C=O) groups excluding carboxylic acids is 1. The van der Waals surface area contributed by atoms with Gasteiger partial charge in [0, 0.05) is 12.0 Å². The van der Waals surface area contributed by atoms with Crippen LogP contribution in [0.1, 0.15) is 73.9 Å². The number of benzene rings is 1. The third-order valence-corrected chi connectivity index (χ3v) is 5.97. The summed E-state index contributed by atoms with van der Waals surface area (Å²) in [6.45, 7) is 13.2. The predicted molar refractivity (Wildman–Crippen MR) is 94.3 cm³/mol. The lowest BCUT2D eigenvalue weighted by atomic mass is 9.59. The van der Waals surface area contributed by atoms with Crippen LogP contribution >= 0.6 is 0 Å². The molecular weight excluding hydrogens is 284 g/mol. The first-order valence-corrected chi connectivity index (χ1v) is 8.78. The molecule has 1 aromatic carbocycles. The lowest BCUT2D eigenvalue weighted by molar-refractivity contribution is 0.0917. The molecule has 0 spiro atoms. The third kappa shape index (κ3) is 2.52. The highest BCUT2D eigenvalue weighted by atomic mass is 16.5. The number of Topliss-reactive ketones (excluding diaryl/α,β-unsaturated/α-hetero) is 1. The van der Waals surface area contributed by atoms with E-state index in [9.17, 15) is 4.79 Å². The van der Waals surface area contributed by atoms with Crippen molar-refractivity contribution in [2.45, 2.75) is 52.4 Å². The highest BCUT2D eigenvalue weighted by Crippen LogP contribution is 2.52. The van der Waals surface area contributed by atoms with Gasteiger partial charge in [-0.15, -0.1) is 0 Å². The van der Waals surface area contributed by atoms with Gasteiger partial charge in [0.15, 0.2) is 5.78 Å². The van der Waals surface area contributed by atoms with E-state index in [1.165, 1.54) is 11.1 Å². The Bertz CT molecular complexity index is 656. The van der Waals surface area contributed by atoms with Gasteiger partial charge in [-0.1, -0.05) is 39.8 Å². The zero-order valence-corrected chi connectivity index (χ0v) is 15.0. The van der Waals surface area contributed by atoms with Crippen LogP contribution < -0.4 is 4.74 Å². The molecule has 0 unspecified atom stereocenters. The monoisotopic (exact) mass is 312 g/mol. The van der Waals surface area contributed by atoms with Crippen LogP contribution in [0.25, 0.3) is 0 Å². The summed E-state index contributed by atoms with van der Waals surface area (Å²) < 4.78 is 5.64. The molecule has 4 atom stereocenters. The van der Waals surface area contributed by atoms with E-state index in [2.05, 4.69) is 46.4 Å². The van der Waals surface area contributed by atoms with E-state index in [0.29, 0.717) is 36.0 Å². The number of carbonyl (C=O) groups is 1. The van der Waals surface area contributed by atoms with E-state index in [0.717, 1.165) is 23.3 Å². The minimum atomic E-state index is 0.272. The van der Waals surface area contributed by atoms with Gasteiger partial charge in [0.25, 0.3) is 0 Å². The maximum atomic E-state index is 12.8. The molecule has 0 saturated heterocycles. The summed E-state index contributed by atoms with van der Waals surface area (Å²) in [4.78, 5) is 12.8. The summed E-state index contributed by atoms with van der Waals surface area (Å²) in [5.41, 5.74) is 4.51. The minimum Gasteiger partial charge on any atom is -0.496 e. The summed E-state index contributed by atoms with van der Waals surface area (Å²) >= 11 is 0. The van der Waals surface area contributed by atoms with Crippen LogP contribution in [0.4, 0.5) is 0 Å². The molecule has 1 saturated carbocycles. The molecule has 1 aromatic rings. The second-order valence-corrected chi connectivity index (χ2v) is 7.78. The molecule has 0 amide bonds. The van der Waals surface area contributed by atoms with Crippen LogP contribution in [-0.2, 0) is 0 Å². The maximum Gasteiger partial charge on any atom is 0.163 e. The second kappa shape index (κ2) is 5.81. The van der Waals surface area contributed by atoms with E-state index in [-0.39, 0.29) is 5.78 Å². The number of hydrogen-bond acceptors (Lipinski definition) is 2. The molecule has 0 aromatic heterocycles. The largest absolute Gasteiger partial charge is 0.496 e. The first-order chi connectivity index (χ1) is 10.8. The van der Waals surface area contributed by atoms with Gasteiger partial charge in [0.05, 0.1) is 7.11 Å². The van der Waals surface area contributed by atoms with E-state index >= 15 is 0 Å². The molecular formula is C21H28O2. The van der Waals surface area contributed by atoms with Crippen molar-refractivity contribution in [3.8, 4) is 5.75 Å². The van der Waals surface area contributed by atoms with Gasteiger partial charge in [0.2, 0.25) is 0 Å². The Kier molecular flexibility index (Phi) is 4.12. The fourth-order valence-electron chi connectivity index (χ4n) is 4.70. The van der Waals surface area contributed by atoms with E-state index in [1.54, 1.807) is 7.11 Å². The van der Waals surface area contributed by atoms with Crippen LogP contribution in [0.5, 0.6) is 5.75 Å². The van der Waals surface area contributed by atoms with Crippen molar-refractivity contribution in [3.05, 3.63) is 41.0 Å². The van der Waals surface area contributed by atoms with Crippen LogP contribution in [0, 0.1) is 17.8 Å². The summed E-state index contributed by atoms with van der Waals surface area (Å²) in [5, 5.41) is 0. The van der Waals surface area contributed by atoms with Crippen molar-refractivity contribution in [2.24, 2.45) is 17.8 Å². The quantitative estimate of drug-likeness (QED) is 0.689. The summed E-state index contributed by atoms with van der Waals surface area (Å²) in [7, 11) is 1.72. The first-order valence-electron chi connectivity index (χ1n) is 8.78. The second-order valence-electron chi connectivity index (χ2n) is 7.78. The molecule has 23 heavy (non-hydrogen) atoms. The van der Waals surface area contributed by atoms with Crippen molar-refractivity contribution in [3.63, 3.8) is 0 Å². The van der Waals surface area contributed by atoms with Crippen molar-refractivity contribution < 1.29 is 9.53 Å². The van der Waals surface area contributed by atoms with E-state index in [4.69, 9.17) is 4.74 Å². The number of hydrogen-bond donors (Lipinski definition) is 0. The fraction of sp³-hybridized carbons (Fsp3) is 0.571. The van der Waals surface area contributed by atoms with Crippen molar-refractivity contribution in [1.29, 1.82) is 0 Å².